The maximum atomic E-state index is 4.10. The average Bonchev–Trinajstić information content (AvgIpc) is 2.71. The number of nitrogens with one attached hydrogen (secondary N) is 1. The molecule has 1 aromatic rings. The minimum atomic E-state index is 0.417. The van der Waals surface area contributed by atoms with Gasteiger partial charge in [-0.2, -0.15) is 0 Å². The zero-order valence-corrected chi connectivity index (χ0v) is 8.55. The average molecular weight is 198 g/mol. The lowest BCUT2D eigenvalue weighted by Gasteiger charge is -2.31. The fourth-order valence-corrected chi connectivity index (χ4v) is 2.15. The van der Waals surface area contributed by atoms with Crippen LogP contribution in [0.1, 0.15) is 18.7 Å². The van der Waals surface area contributed by atoms with Gasteiger partial charge in [-0.3, -0.25) is 4.90 Å². The van der Waals surface area contributed by atoms with Crippen molar-refractivity contribution in [1.82, 2.24) is 19.8 Å². The molecule has 13 heavy (non-hydrogen) atoms. The Morgan fingerprint density at radius 2 is 2.31 bits per heavy atom. The molecule has 1 aliphatic rings. The molecule has 5 heteroatoms. The van der Waals surface area contributed by atoms with Gasteiger partial charge in [0.25, 0.3) is 0 Å². The molecule has 1 fully saturated rings. The van der Waals surface area contributed by atoms with Crippen LogP contribution in [0.5, 0.6) is 0 Å². The molecular formula is C8H14N4S. The quantitative estimate of drug-likeness (QED) is 0.751. The largest absolute Gasteiger partial charge is 0.314 e. The number of piperazine rings is 1. The first kappa shape index (κ1) is 9.05. The summed E-state index contributed by atoms with van der Waals surface area (Å²) in [6, 6.07) is 0.417. The molecule has 1 N–H and O–H groups in total. The van der Waals surface area contributed by atoms with E-state index in [1.165, 1.54) is 11.5 Å². The normalized spacial score (nSPS) is 21.6. The summed E-state index contributed by atoms with van der Waals surface area (Å²) in [5.74, 6) is 0. The van der Waals surface area contributed by atoms with Crippen molar-refractivity contribution < 1.29 is 0 Å². The third-order valence-corrected chi connectivity index (χ3v) is 3.03. The van der Waals surface area contributed by atoms with Gasteiger partial charge in [-0.25, -0.2) is 0 Å². The van der Waals surface area contributed by atoms with Gasteiger partial charge in [-0.15, -0.1) is 5.10 Å². The molecule has 0 spiro atoms. The Bertz CT molecular complexity index is 243. The second-order valence-corrected chi connectivity index (χ2v) is 3.90. The number of aromatic nitrogens is 2. The van der Waals surface area contributed by atoms with E-state index in [-0.39, 0.29) is 0 Å². The van der Waals surface area contributed by atoms with Crippen LogP contribution >= 0.6 is 11.5 Å². The lowest BCUT2D eigenvalue weighted by Crippen LogP contribution is -2.44. The zero-order chi connectivity index (χ0) is 9.10. The highest BCUT2D eigenvalue weighted by Crippen LogP contribution is 2.18. The number of hydrogen-bond acceptors (Lipinski definition) is 5. The van der Waals surface area contributed by atoms with E-state index in [4.69, 9.17) is 0 Å². The van der Waals surface area contributed by atoms with E-state index >= 15 is 0 Å². The van der Waals surface area contributed by atoms with Crippen LogP contribution in [0.15, 0.2) is 5.38 Å². The Kier molecular flexibility index (Phi) is 2.87. The molecule has 0 aromatic carbocycles. The van der Waals surface area contributed by atoms with E-state index in [9.17, 15) is 0 Å². The molecule has 1 saturated heterocycles. The third-order valence-electron chi connectivity index (χ3n) is 2.50. The maximum Gasteiger partial charge on any atom is 0.0924 e. The molecule has 1 atom stereocenters. The predicted octanol–water partition coefficient (Wildman–Crippen LogP) is 0.504. The fourth-order valence-electron chi connectivity index (χ4n) is 1.61. The van der Waals surface area contributed by atoms with E-state index in [0.29, 0.717) is 6.04 Å². The summed E-state index contributed by atoms with van der Waals surface area (Å²) in [6.45, 7) is 6.59. The van der Waals surface area contributed by atoms with Crippen molar-refractivity contribution in [2.75, 3.05) is 26.2 Å². The lowest BCUT2D eigenvalue weighted by molar-refractivity contribution is 0.182. The fraction of sp³-hybridized carbons (Fsp3) is 0.750. The van der Waals surface area contributed by atoms with Crippen LogP contribution in [-0.2, 0) is 0 Å². The van der Waals surface area contributed by atoms with E-state index < -0.39 is 0 Å². The van der Waals surface area contributed by atoms with E-state index in [0.717, 1.165) is 31.9 Å². The molecule has 0 saturated carbocycles. The molecule has 72 valence electrons. The van der Waals surface area contributed by atoms with Crippen molar-refractivity contribution in [3.05, 3.63) is 11.1 Å². The van der Waals surface area contributed by atoms with Crippen LogP contribution in [0.3, 0.4) is 0 Å². The highest BCUT2D eigenvalue weighted by Gasteiger charge is 2.19. The summed E-state index contributed by atoms with van der Waals surface area (Å²) >= 11 is 1.43. The van der Waals surface area contributed by atoms with Gasteiger partial charge in [0.05, 0.1) is 11.7 Å². The van der Waals surface area contributed by atoms with Gasteiger partial charge < -0.3 is 5.32 Å². The number of nitrogens with zero attached hydrogens (tertiary/aromatic N) is 3. The summed E-state index contributed by atoms with van der Waals surface area (Å²) in [4.78, 5) is 2.44. The molecule has 1 aliphatic heterocycles. The van der Waals surface area contributed by atoms with Crippen molar-refractivity contribution in [3.8, 4) is 0 Å². The van der Waals surface area contributed by atoms with Crippen LogP contribution in [0, 0.1) is 0 Å². The van der Waals surface area contributed by atoms with Gasteiger partial charge in [-0.1, -0.05) is 4.49 Å². The summed E-state index contributed by atoms with van der Waals surface area (Å²) in [5, 5.41) is 9.47. The van der Waals surface area contributed by atoms with Gasteiger partial charge in [0.2, 0.25) is 0 Å². The molecule has 2 rings (SSSR count). The first-order valence-corrected chi connectivity index (χ1v) is 5.43. The maximum absolute atomic E-state index is 4.10. The molecule has 1 aromatic heterocycles. The Labute approximate surface area is 82.1 Å². The zero-order valence-electron chi connectivity index (χ0n) is 7.73. The smallest absolute Gasteiger partial charge is 0.0924 e. The molecule has 0 bridgehead atoms. The predicted molar refractivity (Wildman–Crippen MR) is 52.8 cm³/mol. The van der Waals surface area contributed by atoms with Crippen molar-refractivity contribution >= 4 is 11.5 Å². The Morgan fingerprint density at radius 3 is 2.92 bits per heavy atom. The van der Waals surface area contributed by atoms with E-state index in [1.54, 1.807) is 0 Å². The van der Waals surface area contributed by atoms with Crippen LogP contribution in [0.2, 0.25) is 0 Å². The molecular weight excluding hydrogens is 184 g/mol. The molecule has 4 nitrogen and oxygen atoms in total. The van der Waals surface area contributed by atoms with Crippen LogP contribution in [-0.4, -0.2) is 40.7 Å². The molecule has 0 radical (unpaired) electrons. The first-order valence-electron chi connectivity index (χ1n) is 4.59. The van der Waals surface area contributed by atoms with Gasteiger partial charge in [0.15, 0.2) is 0 Å². The Balaban J connectivity index is 1.99. The molecule has 2 heterocycles. The van der Waals surface area contributed by atoms with Gasteiger partial charge in [0.1, 0.15) is 0 Å². The Hall–Kier alpha value is -0.520. The first-order chi connectivity index (χ1) is 6.38. The highest BCUT2D eigenvalue weighted by atomic mass is 32.1. The second kappa shape index (κ2) is 4.13. The van der Waals surface area contributed by atoms with Crippen LogP contribution < -0.4 is 5.32 Å². The van der Waals surface area contributed by atoms with Gasteiger partial charge in [0, 0.05) is 31.6 Å². The van der Waals surface area contributed by atoms with E-state index in [2.05, 4.69) is 26.7 Å². The van der Waals surface area contributed by atoms with Gasteiger partial charge >= 0.3 is 0 Å². The van der Waals surface area contributed by atoms with Crippen LogP contribution in [0.4, 0.5) is 0 Å². The summed E-state index contributed by atoms with van der Waals surface area (Å²) in [7, 11) is 0. The van der Waals surface area contributed by atoms with Gasteiger partial charge in [-0.05, 0) is 18.5 Å². The third kappa shape index (κ3) is 2.04. The monoisotopic (exact) mass is 198 g/mol. The minimum absolute atomic E-state index is 0.417. The standard InChI is InChI=1S/C8H14N4S/c1-7(8-6-13-11-10-8)12-4-2-9-3-5-12/h6-7,9H,2-5H2,1H3. The summed E-state index contributed by atoms with van der Waals surface area (Å²) in [5.41, 5.74) is 1.10. The minimum Gasteiger partial charge on any atom is -0.314 e. The van der Waals surface area contributed by atoms with Crippen LogP contribution in [0.25, 0.3) is 0 Å². The summed E-state index contributed by atoms with van der Waals surface area (Å²) in [6.07, 6.45) is 0. The molecule has 0 amide bonds. The number of hydrogen-bond donors (Lipinski definition) is 1. The topological polar surface area (TPSA) is 41.1 Å². The molecule has 1 unspecified atom stereocenters. The summed E-state index contributed by atoms with van der Waals surface area (Å²) < 4.78 is 3.89. The lowest BCUT2D eigenvalue weighted by atomic mass is 10.2. The second-order valence-electron chi connectivity index (χ2n) is 3.29. The van der Waals surface area contributed by atoms with Crippen molar-refractivity contribution in [3.63, 3.8) is 0 Å². The van der Waals surface area contributed by atoms with Crippen molar-refractivity contribution in [1.29, 1.82) is 0 Å². The Morgan fingerprint density at radius 1 is 1.54 bits per heavy atom. The van der Waals surface area contributed by atoms with Crippen molar-refractivity contribution in [2.45, 2.75) is 13.0 Å². The van der Waals surface area contributed by atoms with Crippen molar-refractivity contribution in [2.24, 2.45) is 0 Å². The van der Waals surface area contributed by atoms with E-state index in [1.807, 2.05) is 5.38 Å². The molecule has 0 aliphatic carbocycles. The SMILES string of the molecule is CC(c1csnn1)N1CCNCC1. The highest BCUT2D eigenvalue weighted by molar-refractivity contribution is 7.03. The number of rotatable bonds is 2.